The molecule has 1 unspecified atom stereocenters. The first kappa shape index (κ1) is 15.2. The lowest BCUT2D eigenvalue weighted by molar-refractivity contribution is 0.457. The predicted octanol–water partition coefficient (Wildman–Crippen LogP) is 4.35. The van der Waals surface area contributed by atoms with E-state index < -0.39 is 0 Å². The summed E-state index contributed by atoms with van der Waals surface area (Å²) in [7, 11) is 0. The second-order valence-corrected chi connectivity index (χ2v) is 5.36. The molecular formula is C16H17Cl2NO. The Morgan fingerprint density at radius 1 is 1.10 bits per heavy atom. The fourth-order valence-corrected chi connectivity index (χ4v) is 2.44. The van der Waals surface area contributed by atoms with Gasteiger partial charge in [0.05, 0.1) is 6.04 Å². The van der Waals surface area contributed by atoms with Gasteiger partial charge in [-0.1, -0.05) is 41.9 Å². The molecule has 0 aromatic heterocycles. The van der Waals surface area contributed by atoms with Gasteiger partial charge in [0.15, 0.2) is 0 Å². The van der Waals surface area contributed by atoms with E-state index in [1.807, 2.05) is 30.3 Å². The van der Waals surface area contributed by atoms with Crippen molar-refractivity contribution in [3.05, 3.63) is 64.7 Å². The highest BCUT2D eigenvalue weighted by Gasteiger charge is 2.17. The minimum atomic E-state index is -0.0990. The van der Waals surface area contributed by atoms with E-state index in [1.165, 1.54) is 0 Å². The number of hydrogen-bond acceptors (Lipinski definition) is 2. The van der Waals surface area contributed by atoms with Crippen LogP contribution in [0.1, 0.15) is 23.6 Å². The largest absolute Gasteiger partial charge is 0.508 e. The number of halogens is 2. The van der Waals surface area contributed by atoms with Crippen LogP contribution in [0, 0.1) is 0 Å². The molecule has 20 heavy (non-hydrogen) atoms. The number of nitrogens with one attached hydrogen (secondary N) is 1. The summed E-state index contributed by atoms with van der Waals surface area (Å²) in [4.78, 5) is 0. The number of rotatable bonds is 6. The summed E-state index contributed by atoms with van der Waals surface area (Å²) in [6.07, 6.45) is 0.867. The molecule has 0 radical (unpaired) electrons. The summed E-state index contributed by atoms with van der Waals surface area (Å²) >= 11 is 11.8. The van der Waals surface area contributed by atoms with Crippen molar-refractivity contribution in [3.8, 4) is 5.75 Å². The Labute approximate surface area is 129 Å². The van der Waals surface area contributed by atoms with E-state index >= 15 is 0 Å². The zero-order valence-electron chi connectivity index (χ0n) is 11.0. The maximum atomic E-state index is 10.1. The van der Waals surface area contributed by atoms with Crippen LogP contribution >= 0.6 is 23.2 Å². The zero-order chi connectivity index (χ0) is 14.4. The van der Waals surface area contributed by atoms with Gasteiger partial charge in [0, 0.05) is 16.5 Å². The first-order chi connectivity index (χ1) is 9.72. The summed E-state index contributed by atoms with van der Waals surface area (Å²) in [5.74, 6) is 0.845. The molecule has 2 aromatic rings. The van der Waals surface area contributed by atoms with Crippen LogP contribution in [-0.2, 0) is 0 Å². The highest BCUT2D eigenvalue weighted by Crippen LogP contribution is 2.31. The summed E-state index contributed by atoms with van der Waals surface area (Å²) < 4.78 is 0. The van der Waals surface area contributed by atoms with Crippen LogP contribution in [0.4, 0.5) is 0 Å². The number of phenolic OH excluding ortho intramolecular Hbond substituents is 1. The van der Waals surface area contributed by atoms with Gasteiger partial charge in [0.1, 0.15) is 5.75 Å². The molecule has 4 heteroatoms. The van der Waals surface area contributed by atoms with Crippen LogP contribution in [0.2, 0.25) is 5.02 Å². The lowest BCUT2D eigenvalue weighted by Crippen LogP contribution is -2.24. The molecule has 0 saturated heterocycles. The van der Waals surface area contributed by atoms with Gasteiger partial charge in [-0.2, -0.15) is 0 Å². The molecule has 0 aliphatic heterocycles. The van der Waals surface area contributed by atoms with E-state index in [0.717, 1.165) is 24.1 Å². The van der Waals surface area contributed by atoms with E-state index in [-0.39, 0.29) is 11.8 Å². The molecule has 2 N–H and O–H groups in total. The van der Waals surface area contributed by atoms with E-state index in [1.54, 1.807) is 18.2 Å². The molecule has 0 spiro atoms. The monoisotopic (exact) mass is 309 g/mol. The third-order valence-electron chi connectivity index (χ3n) is 3.09. The second kappa shape index (κ2) is 7.53. The van der Waals surface area contributed by atoms with E-state index in [2.05, 4.69) is 5.32 Å². The van der Waals surface area contributed by atoms with Crippen molar-refractivity contribution < 1.29 is 5.11 Å². The number of hydrogen-bond donors (Lipinski definition) is 2. The second-order valence-electron chi connectivity index (χ2n) is 4.54. The van der Waals surface area contributed by atoms with Crippen molar-refractivity contribution in [2.45, 2.75) is 12.5 Å². The van der Waals surface area contributed by atoms with Gasteiger partial charge in [-0.05, 0) is 36.7 Å². The molecule has 0 aliphatic carbocycles. The Balaban J connectivity index is 2.33. The standard InChI is InChI=1S/C16H17Cl2NO/c17-9-4-10-19-16(12-5-2-1-3-6-12)14-11-13(18)7-8-15(14)20/h1-3,5-8,11,16,19-20H,4,9-10H2. The van der Waals surface area contributed by atoms with Crippen LogP contribution in [0.3, 0.4) is 0 Å². The Kier molecular flexibility index (Phi) is 5.72. The van der Waals surface area contributed by atoms with E-state index in [4.69, 9.17) is 23.2 Å². The quantitative estimate of drug-likeness (QED) is 0.614. The average Bonchev–Trinajstić information content (AvgIpc) is 2.48. The molecule has 0 heterocycles. The van der Waals surface area contributed by atoms with Gasteiger partial charge in [-0.3, -0.25) is 0 Å². The predicted molar refractivity (Wildman–Crippen MR) is 84.7 cm³/mol. The van der Waals surface area contributed by atoms with Gasteiger partial charge in [-0.15, -0.1) is 11.6 Å². The van der Waals surface area contributed by atoms with Gasteiger partial charge < -0.3 is 10.4 Å². The van der Waals surface area contributed by atoms with Crippen LogP contribution in [0.25, 0.3) is 0 Å². The lowest BCUT2D eigenvalue weighted by Gasteiger charge is -2.21. The third-order valence-corrected chi connectivity index (χ3v) is 3.59. The molecule has 0 aliphatic rings. The Morgan fingerprint density at radius 2 is 1.85 bits per heavy atom. The minimum absolute atomic E-state index is 0.0990. The number of alkyl halides is 1. The van der Waals surface area contributed by atoms with Crippen LogP contribution in [-0.4, -0.2) is 17.5 Å². The average molecular weight is 310 g/mol. The Bertz CT molecular complexity index is 545. The Morgan fingerprint density at radius 3 is 2.55 bits per heavy atom. The molecule has 2 nitrogen and oxygen atoms in total. The molecule has 2 aromatic carbocycles. The highest BCUT2D eigenvalue weighted by molar-refractivity contribution is 6.30. The fourth-order valence-electron chi connectivity index (χ4n) is 2.12. The van der Waals surface area contributed by atoms with Crippen molar-refractivity contribution >= 4 is 23.2 Å². The van der Waals surface area contributed by atoms with Crippen molar-refractivity contribution in [1.82, 2.24) is 5.32 Å². The maximum Gasteiger partial charge on any atom is 0.120 e. The topological polar surface area (TPSA) is 32.3 Å². The van der Waals surface area contributed by atoms with Gasteiger partial charge in [-0.25, -0.2) is 0 Å². The molecular weight excluding hydrogens is 293 g/mol. The smallest absolute Gasteiger partial charge is 0.120 e. The molecule has 1 atom stereocenters. The molecule has 0 amide bonds. The summed E-state index contributed by atoms with van der Waals surface area (Å²) in [5, 5.41) is 14.1. The van der Waals surface area contributed by atoms with Gasteiger partial charge in [0.25, 0.3) is 0 Å². The molecule has 2 rings (SSSR count). The maximum absolute atomic E-state index is 10.1. The number of phenols is 1. The Hall–Kier alpha value is -1.22. The zero-order valence-corrected chi connectivity index (χ0v) is 12.5. The van der Waals surface area contributed by atoms with Crippen LogP contribution < -0.4 is 5.32 Å². The summed E-state index contributed by atoms with van der Waals surface area (Å²) in [6.45, 7) is 0.773. The van der Waals surface area contributed by atoms with Crippen molar-refractivity contribution in [1.29, 1.82) is 0 Å². The van der Waals surface area contributed by atoms with Gasteiger partial charge in [0.2, 0.25) is 0 Å². The summed E-state index contributed by atoms with van der Waals surface area (Å²) in [5.41, 5.74) is 1.86. The third kappa shape index (κ3) is 3.89. The normalized spacial score (nSPS) is 12.3. The van der Waals surface area contributed by atoms with Crippen molar-refractivity contribution in [3.63, 3.8) is 0 Å². The van der Waals surface area contributed by atoms with E-state index in [9.17, 15) is 5.11 Å². The van der Waals surface area contributed by atoms with E-state index in [0.29, 0.717) is 10.9 Å². The molecule has 0 fully saturated rings. The molecule has 106 valence electrons. The number of benzene rings is 2. The fraction of sp³-hybridized carbons (Fsp3) is 0.250. The summed E-state index contributed by atoms with van der Waals surface area (Å²) in [6, 6.07) is 15.0. The first-order valence-electron chi connectivity index (χ1n) is 6.55. The van der Waals surface area contributed by atoms with Crippen molar-refractivity contribution in [2.24, 2.45) is 0 Å². The molecule has 0 bridgehead atoms. The highest BCUT2D eigenvalue weighted by atomic mass is 35.5. The van der Waals surface area contributed by atoms with Crippen LogP contribution in [0.5, 0.6) is 5.75 Å². The van der Waals surface area contributed by atoms with Crippen molar-refractivity contribution in [2.75, 3.05) is 12.4 Å². The van der Waals surface area contributed by atoms with Crippen LogP contribution in [0.15, 0.2) is 48.5 Å². The molecule has 0 saturated carbocycles. The lowest BCUT2D eigenvalue weighted by atomic mass is 9.97. The minimum Gasteiger partial charge on any atom is -0.508 e. The SMILES string of the molecule is Oc1ccc(Cl)cc1C(NCCCCl)c1ccccc1. The first-order valence-corrected chi connectivity index (χ1v) is 7.46. The van der Waals surface area contributed by atoms with Gasteiger partial charge >= 0.3 is 0 Å². The number of aromatic hydroxyl groups is 1.